The number of nitriles is 1. The van der Waals surface area contributed by atoms with E-state index in [9.17, 15) is 0 Å². The fraction of sp³-hybridized carbons (Fsp3) is 0.500. The van der Waals surface area contributed by atoms with Crippen molar-refractivity contribution in [3.63, 3.8) is 0 Å². The Bertz CT molecular complexity index is 311. The zero-order valence-corrected chi connectivity index (χ0v) is 8.16. The molecule has 0 bridgehead atoms. The highest BCUT2D eigenvalue weighted by Gasteiger charge is 2.11. The van der Waals surface area contributed by atoms with Gasteiger partial charge in [-0.15, -0.1) is 0 Å². The molecule has 13 heavy (non-hydrogen) atoms. The zero-order chi connectivity index (χ0) is 9.84. The van der Waals surface area contributed by atoms with Crippen LogP contribution in [-0.4, -0.2) is 6.04 Å². The molecule has 2 unspecified atom stereocenters. The molecule has 3 nitrogen and oxygen atoms in total. The number of furan rings is 1. The van der Waals surface area contributed by atoms with E-state index in [0.29, 0.717) is 0 Å². The summed E-state index contributed by atoms with van der Waals surface area (Å²) in [5.74, 6) is 1.77. The summed E-state index contributed by atoms with van der Waals surface area (Å²) in [6, 6.07) is 5.90. The first-order chi connectivity index (χ1) is 6.13. The minimum atomic E-state index is -0.152. The highest BCUT2D eigenvalue weighted by atomic mass is 16.3. The van der Waals surface area contributed by atoms with Crippen LogP contribution in [0.1, 0.15) is 31.4 Å². The standard InChI is InChI=1S/C10H14N2O/c1-7(6-11)12-9(3)10-5-4-8(2)13-10/h4-5,7,9,12H,1-3H3. The highest BCUT2D eigenvalue weighted by molar-refractivity contribution is 5.09. The highest BCUT2D eigenvalue weighted by Crippen LogP contribution is 2.15. The van der Waals surface area contributed by atoms with Crippen LogP contribution in [0.4, 0.5) is 0 Å². The van der Waals surface area contributed by atoms with E-state index in [1.807, 2.05) is 32.9 Å². The Morgan fingerprint density at radius 3 is 2.62 bits per heavy atom. The van der Waals surface area contributed by atoms with Crippen molar-refractivity contribution in [2.24, 2.45) is 0 Å². The lowest BCUT2D eigenvalue weighted by Gasteiger charge is -2.12. The summed E-state index contributed by atoms with van der Waals surface area (Å²) in [4.78, 5) is 0. The molecule has 0 spiro atoms. The van der Waals surface area contributed by atoms with Gasteiger partial charge < -0.3 is 4.42 Å². The number of hydrogen-bond donors (Lipinski definition) is 1. The number of aryl methyl sites for hydroxylation is 1. The average molecular weight is 178 g/mol. The number of nitrogens with one attached hydrogen (secondary N) is 1. The zero-order valence-electron chi connectivity index (χ0n) is 8.16. The lowest BCUT2D eigenvalue weighted by Crippen LogP contribution is -2.27. The summed E-state index contributed by atoms with van der Waals surface area (Å²) < 4.78 is 5.42. The predicted octanol–water partition coefficient (Wildman–Crippen LogP) is 2.15. The van der Waals surface area contributed by atoms with E-state index in [4.69, 9.17) is 9.68 Å². The summed E-state index contributed by atoms with van der Waals surface area (Å²) in [7, 11) is 0. The fourth-order valence-electron chi connectivity index (χ4n) is 1.18. The third-order valence-corrected chi connectivity index (χ3v) is 1.88. The maximum atomic E-state index is 8.59. The van der Waals surface area contributed by atoms with E-state index in [-0.39, 0.29) is 12.1 Å². The SMILES string of the molecule is Cc1ccc(C(C)NC(C)C#N)o1. The van der Waals surface area contributed by atoms with Crippen molar-refractivity contribution in [1.29, 1.82) is 5.26 Å². The van der Waals surface area contributed by atoms with E-state index in [0.717, 1.165) is 11.5 Å². The van der Waals surface area contributed by atoms with Gasteiger partial charge in [0, 0.05) is 0 Å². The minimum Gasteiger partial charge on any atom is -0.465 e. The van der Waals surface area contributed by atoms with Crippen LogP contribution in [0.3, 0.4) is 0 Å². The summed E-state index contributed by atoms with van der Waals surface area (Å²) >= 11 is 0. The second kappa shape index (κ2) is 4.11. The third kappa shape index (κ3) is 2.60. The molecule has 0 aromatic carbocycles. The molecule has 0 aliphatic carbocycles. The van der Waals surface area contributed by atoms with Crippen LogP contribution in [0.15, 0.2) is 16.5 Å². The van der Waals surface area contributed by atoms with Gasteiger partial charge >= 0.3 is 0 Å². The molecule has 0 radical (unpaired) electrons. The molecule has 0 aliphatic rings. The van der Waals surface area contributed by atoms with Crippen LogP contribution in [0, 0.1) is 18.3 Å². The molecule has 0 fully saturated rings. The lowest BCUT2D eigenvalue weighted by molar-refractivity contribution is 0.408. The van der Waals surface area contributed by atoms with Crippen molar-refractivity contribution in [3.8, 4) is 6.07 Å². The predicted molar refractivity (Wildman–Crippen MR) is 50.1 cm³/mol. The fourth-order valence-corrected chi connectivity index (χ4v) is 1.18. The minimum absolute atomic E-state index is 0.0864. The largest absolute Gasteiger partial charge is 0.465 e. The summed E-state index contributed by atoms with van der Waals surface area (Å²) in [5, 5.41) is 11.7. The Balaban J connectivity index is 2.59. The molecule has 70 valence electrons. The number of hydrogen-bond acceptors (Lipinski definition) is 3. The first kappa shape index (κ1) is 9.82. The molecular formula is C10H14N2O. The molecule has 1 rings (SSSR count). The maximum Gasteiger partial charge on any atom is 0.120 e. The van der Waals surface area contributed by atoms with Gasteiger partial charge in [0.25, 0.3) is 0 Å². The molecule has 1 heterocycles. The third-order valence-electron chi connectivity index (χ3n) is 1.88. The molecule has 1 aromatic heterocycles. The van der Waals surface area contributed by atoms with Gasteiger partial charge in [-0.3, -0.25) is 5.32 Å². The molecule has 0 saturated carbocycles. The maximum absolute atomic E-state index is 8.59. The van der Waals surface area contributed by atoms with Gasteiger partial charge in [0.1, 0.15) is 11.5 Å². The van der Waals surface area contributed by atoms with Gasteiger partial charge in [-0.1, -0.05) is 0 Å². The molecule has 0 saturated heterocycles. The monoisotopic (exact) mass is 178 g/mol. The van der Waals surface area contributed by atoms with Crippen molar-refractivity contribution in [1.82, 2.24) is 5.32 Å². The Morgan fingerprint density at radius 2 is 2.15 bits per heavy atom. The molecule has 3 heteroatoms. The van der Waals surface area contributed by atoms with Crippen LogP contribution in [0.5, 0.6) is 0 Å². The summed E-state index contributed by atoms with van der Waals surface area (Å²) in [5.41, 5.74) is 0. The molecular weight excluding hydrogens is 164 g/mol. The van der Waals surface area contributed by atoms with E-state index < -0.39 is 0 Å². The number of nitrogens with zero attached hydrogens (tertiary/aromatic N) is 1. The van der Waals surface area contributed by atoms with Crippen molar-refractivity contribution in [2.45, 2.75) is 32.9 Å². The Labute approximate surface area is 78.4 Å². The molecule has 1 aromatic rings. The Kier molecular flexibility index (Phi) is 3.10. The number of rotatable bonds is 3. The van der Waals surface area contributed by atoms with E-state index in [1.54, 1.807) is 0 Å². The first-order valence-corrected chi connectivity index (χ1v) is 4.35. The second-order valence-corrected chi connectivity index (χ2v) is 3.19. The topological polar surface area (TPSA) is 49.0 Å². The van der Waals surface area contributed by atoms with Crippen LogP contribution < -0.4 is 5.32 Å². The van der Waals surface area contributed by atoms with Gasteiger partial charge in [0.05, 0.1) is 18.2 Å². The van der Waals surface area contributed by atoms with E-state index in [1.165, 1.54) is 0 Å². The molecule has 1 N–H and O–H groups in total. The normalized spacial score (nSPS) is 14.9. The molecule has 2 atom stereocenters. The van der Waals surface area contributed by atoms with Gasteiger partial charge in [-0.2, -0.15) is 5.26 Å². The van der Waals surface area contributed by atoms with Crippen molar-refractivity contribution < 1.29 is 4.42 Å². The van der Waals surface area contributed by atoms with Gasteiger partial charge in [-0.05, 0) is 32.9 Å². The summed E-state index contributed by atoms with van der Waals surface area (Å²) in [6.45, 7) is 5.71. The van der Waals surface area contributed by atoms with Crippen molar-refractivity contribution in [2.75, 3.05) is 0 Å². The smallest absolute Gasteiger partial charge is 0.120 e. The van der Waals surface area contributed by atoms with Crippen LogP contribution >= 0.6 is 0 Å². The van der Waals surface area contributed by atoms with Gasteiger partial charge in [0.2, 0.25) is 0 Å². The summed E-state index contributed by atoms with van der Waals surface area (Å²) in [6.07, 6.45) is 0. The quantitative estimate of drug-likeness (QED) is 0.771. The second-order valence-electron chi connectivity index (χ2n) is 3.19. The van der Waals surface area contributed by atoms with Crippen LogP contribution in [-0.2, 0) is 0 Å². The van der Waals surface area contributed by atoms with Gasteiger partial charge in [0.15, 0.2) is 0 Å². The molecule has 0 aliphatic heterocycles. The van der Waals surface area contributed by atoms with Crippen molar-refractivity contribution in [3.05, 3.63) is 23.7 Å². The van der Waals surface area contributed by atoms with Gasteiger partial charge in [-0.25, -0.2) is 0 Å². The Morgan fingerprint density at radius 1 is 1.46 bits per heavy atom. The average Bonchev–Trinajstić information content (AvgIpc) is 2.51. The molecule has 0 amide bonds. The van der Waals surface area contributed by atoms with E-state index in [2.05, 4.69) is 11.4 Å². The Hall–Kier alpha value is -1.27. The van der Waals surface area contributed by atoms with Crippen LogP contribution in [0.2, 0.25) is 0 Å². The van der Waals surface area contributed by atoms with Crippen molar-refractivity contribution >= 4 is 0 Å². The van der Waals surface area contributed by atoms with E-state index >= 15 is 0 Å². The lowest BCUT2D eigenvalue weighted by atomic mass is 10.2. The van der Waals surface area contributed by atoms with Crippen LogP contribution in [0.25, 0.3) is 0 Å². The first-order valence-electron chi connectivity index (χ1n) is 4.35.